The smallest absolute Gasteiger partial charge is 0.240 e. The van der Waals surface area contributed by atoms with Crippen molar-refractivity contribution in [3.8, 4) is 0 Å². The van der Waals surface area contributed by atoms with Crippen LogP contribution in [0.5, 0.6) is 0 Å². The van der Waals surface area contributed by atoms with Gasteiger partial charge in [-0.3, -0.25) is 4.79 Å². The predicted octanol–water partition coefficient (Wildman–Crippen LogP) is 1.11. The van der Waals surface area contributed by atoms with Crippen LogP contribution < -0.4 is 4.72 Å². The Morgan fingerprint density at radius 1 is 1.25 bits per heavy atom. The molecule has 0 radical (unpaired) electrons. The first-order valence-electron chi connectivity index (χ1n) is 6.40. The van der Waals surface area contributed by atoms with Crippen molar-refractivity contribution in [3.63, 3.8) is 0 Å². The number of hydrogen-bond acceptors (Lipinski definition) is 3. The molecule has 1 saturated heterocycles. The minimum Gasteiger partial charge on any atom is -0.346 e. The number of benzene rings is 1. The van der Waals surface area contributed by atoms with Gasteiger partial charge >= 0.3 is 0 Å². The second-order valence-corrected chi connectivity index (χ2v) is 6.63. The number of nitrogens with zero attached hydrogens (tertiary/aromatic N) is 1. The van der Waals surface area contributed by atoms with E-state index < -0.39 is 15.8 Å². The highest BCUT2D eigenvalue weighted by molar-refractivity contribution is 7.89. The molecule has 0 aromatic heterocycles. The van der Waals surface area contributed by atoms with E-state index in [0.717, 1.165) is 12.1 Å². The first kappa shape index (κ1) is 14.9. The largest absolute Gasteiger partial charge is 0.346 e. The van der Waals surface area contributed by atoms with E-state index >= 15 is 0 Å². The maximum Gasteiger partial charge on any atom is 0.240 e. The highest BCUT2D eigenvalue weighted by atomic mass is 32.2. The third-order valence-corrected chi connectivity index (χ3v) is 4.93. The van der Waals surface area contributed by atoms with Gasteiger partial charge in [-0.15, -0.1) is 0 Å². The van der Waals surface area contributed by atoms with Crippen LogP contribution in [0, 0.1) is 5.82 Å². The molecule has 1 fully saturated rings. The highest BCUT2D eigenvalue weighted by Crippen LogP contribution is 2.15. The van der Waals surface area contributed by atoms with Crippen molar-refractivity contribution in [2.75, 3.05) is 13.6 Å². The first-order chi connectivity index (χ1) is 9.38. The SMILES string of the molecule is CN1CCC(NS(=O)(=O)c2ccc(F)cc2)CCC1=O. The molecule has 1 aliphatic rings. The summed E-state index contributed by atoms with van der Waals surface area (Å²) in [4.78, 5) is 13.2. The number of nitrogens with one attached hydrogen (secondary N) is 1. The summed E-state index contributed by atoms with van der Waals surface area (Å²) in [5.74, 6) is -0.459. The summed E-state index contributed by atoms with van der Waals surface area (Å²) in [6.45, 7) is 0.523. The zero-order valence-electron chi connectivity index (χ0n) is 11.2. The lowest BCUT2D eigenvalue weighted by atomic mass is 10.1. The van der Waals surface area contributed by atoms with Gasteiger partial charge in [-0.2, -0.15) is 0 Å². The van der Waals surface area contributed by atoms with Gasteiger partial charge in [0.2, 0.25) is 15.9 Å². The number of carbonyl (C=O) groups is 1. The quantitative estimate of drug-likeness (QED) is 0.909. The molecule has 110 valence electrons. The van der Waals surface area contributed by atoms with Crippen LogP contribution in [-0.4, -0.2) is 38.9 Å². The normalized spacial score (nSPS) is 20.8. The second-order valence-electron chi connectivity index (χ2n) is 4.91. The molecule has 0 saturated carbocycles. The average Bonchev–Trinajstić information content (AvgIpc) is 2.55. The fourth-order valence-electron chi connectivity index (χ4n) is 2.13. The predicted molar refractivity (Wildman–Crippen MR) is 72.0 cm³/mol. The molecule has 1 unspecified atom stereocenters. The van der Waals surface area contributed by atoms with E-state index in [4.69, 9.17) is 0 Å². The number of halogens is 1. The van der Waals surface area contributed by atoms with Crippen LogP contribution in [0.25, 0.3) is 0 Å². The molecule has 0 aliphatic carbocycles. The molecule has 0 bridgehead atoms. The summed E-state index contributed by atoms with van der Waals surface area (Å²) in [6.07, 6.45) is 1.37. The van der Waals surface area contributed by atoms with Crippen LogP contribution in [-0.2, 0) is 14.8 Å². The van der Waals surface area contributed by atoms with E-state index in [2.05, 4.69) is 4.72 Å². The lowest BCUT2D eigenvalue weighted by molar-refractivity contribution is -0.129. The third kappa shape index (κ3) is 3.55. The zero-order chi connectivity index (χ0) is 14.8. The van der Waals surface area contributed by atoms with E-state index in [1.54, 1.807) is 11.9 Å². The van der Waals surface area contributed by atoms with Gasteiger partial charge in [0.15, 0.2) is 0 Å². The van der Waals surface area contributed by atoms with Gasteiger partial charge in [-0.25, -0.2) is 17.5 Å². The maximum absolute atomic E-state index is 12.8. The summed E-state index contributed by atoms with van der Waals surface area (Å²) >= 11 is 0. The van der Waals surface area contributed by atoms with Gasteiger partial charge in [-0.05, 0) is 37.1 Å². The minimum atomic E-state index is -3.67. The zero-order valence-corrected chi connectivity index (χ0v) is 12.0. The van der Waals surface area contributed by atoms with Crippen LogP contribution in [0.4, 0.5) is 4.39 Å². The van der Waals surface area contributed by atoms with Crippen LogP contribution in [0.15, 0.2) is 29.2 Å². The second kappa shape index (κ2) is 5.88. The number of hydrogen-bond donors (Lipinski definition) is 1. The Labute approximate surface area is 117 Å². The van der Waals surface area contributed by atoms with E-state index in [0.29, 0.717) is 25.8 Å². The van der Waals surface area contributed by atoms with Crippen molar-refractivity contribution in [1.82, 2.24) is 9.62 Å². The Hall–Kier alpha value is -1.47. The Kier molecular flexibility index (Phi) is 4.39. The van der Waals surface area contributed by atoms with Gasteiger partial charge < -0.3 is 4.90 Å². The van der Waals surface area contributed by atoms with Crippen molar-refractivity contribution in [1.29, 1.82) is 0 Å². The Morgan fingerprint density at radius 2 is 1.90 bits per heavy atom. The van der Waals surface area contributed by atoms with Crippen LogP contribution in [0.1, 0.15) is 19.3 Å². The average molecular weight is 300 g/mol. The van der Waals surface area contributed by atoms with Gasteiger partial charge in [0, 0.05) is 26.1 Å². The fraction of sp³-hybridized carbons (Fsp3) is 0.462. The molecule has 1 aliphatic heterocycles. The third-order valence-electron chi connectivity index (χ3n) is 3.39. The topological polar surface area (TPSA) is 66.5 Å². The minimum absolute atomic E-state index is 0.0217. The summed E-state index contributed by atoms with van der Waals surface area (Å²) in [6, 6.07) is 4.40. The number of carbonyl (C=O) groups excluding carboxylic acids is 1. The fourth-order valence-corrected chi connectivity index (χ4v) is 3.43. The van der Waals surface area contributed by atoms with Gasteiger partial charge in [0.05, 0.1) is 4.90 Å². The molecule has 20 heavy (non-hydrogen) atoms. The van der Waals surface area contributed by atoms with E-state index in [9.17, 15) is 17.6 Å². The molecule has 2 rings (SSSR count). The lowest BCUT2D eigenvalue weighted by Crippen LogP contribution is -2.35. The molecular formula is C13H17FN2O3S. The van der Waals surface area contributed by atoms with E-state index in [1.807, 2.05) is 0 Å². The molecule has 7 heteroatoms. The number of likely N-dealkylation sites (tertiary alicyclic amines) is 1. The van der Waals surface area contributed by atoms with Crippen LogP contribution in [0.2, 0.25) is 0 Å². The Bertz CT molecular complexity index is 586. The van der Waals surface area contributed by atoms with Crippen LogP contribution in [0.3, 0.4) is 0 Å². The molecule has 1 aromatic rings. The molecule has 1 heterocycles. The number of sulfonamides is 1. The number of amides is 1. The molecule has 1 aromatic carbocycles. The summed E-state index contributed by atoms with van der Waals surface area (Å²) in [7, 11) is -1.97. The molecule has 1 atom stereocenters. The summed E-state index contributed by atoms with van der Waals surface area (Å²) < 4.78 is 39.7. The molecule has 5 nitrogen and oxygen atoms in total. The Balaban J connectivity index is 2.08. The summed E-state index contributed by atoms with van der Waals surface area (Å²) in [5.41, 5.74) is 0. The molecule has 1 amide bonds. The monoisotopic (exact) mass is 300 g/mol. The van der Waals surface area contributed by atoms with Crippen molar-refractivity contribution in [2.24, 2.45) is 0 Å². The van der Waals surface area contributed by atoms with Crippen molar-refractivity contribution < 1.29 is 17.6 Å². The van der Waals surface area contributed by atoms with Gasteiger partial charge in [-0.1, -0.05) is 0 Å². The molecule has 0 spiro atoms. The number of rotatable bonds is 3. The maximum atomic E-state index is 12.8. The highest BCUT2D eigenvalue weighted by Gasteiger charge is 2.24. The first-order valence-corrected chi connectivity index (χ1v) is 7.88. The van der Waals surface area contributed by atoms with Crippen molar-refractivity contribution >= 4 is 15.9 Å². The van der Waals surface area contributed by atoms with Gasteiger partial charge in [0.1, 0.15) is 5.82 Å². The van der Waals surface area contributed by atoms with E-state index in [-0.39, 0.29) is 16.8 Å². The molecular weight excluding hydrogens is 283 g/mol. The summed E-state index contributed by atoms with van der Waals surface area (Å²) in [5, 5.41) is 0. The standard InChI is InChI=1S/C13H17FN2O3S/c1-16-9-8-11(4-7-13(16)17)15-20(18,19)12-5-2-10(14)3-6-12/h2-3,5-6,11,15H,4,7-9H2,1H3. The lowest BCUT2D eigenvalue weighted by Gasteiger charge is -2.16. The van der Waals surface area contributed by atoms with Gasteiger partial charge in [0.25, 0.3) is 0 Å². The van der Waals surface area contributed by atoms with Crippen molar-refractivity contribution in [3.05, 3.63) is 30.1 Å². The van der Waals surface area contributed by atoms with Crippen molar-refractivity contribution in [2.45, 2.75) is 30.2 Å². The Morgan fingerprint density at radius 3 is 2.55 bits per heavy atom. The molecule has 1 N–H and O–H groups in total. The van der Waals surface area contributed by atoms with E-state index in [1.165, 1.54) is 12.1 Å². The van der Waals surface area contributed by atoms with Crippen LogP contribution >= 0.6 is 0 Å².